The highest BCUT2D eigenvalue weighted by molar-refractivity contribution is 5.49. The Morgan fingerprint density at radius 3 is 1.77 bits per heavy atom. The summed E-state index contributed by atoms with van der Waals surface area (Å²) in [6, 6.07) is 10.7. The first-order valence-electron chi connectivity index (χ1n) is 11.1. The molecule has 26 heavy (non-hydrogen) atoms. The summed E-state index contributed by atoms with van der Waals surface area (Å²) in [6.07, 6.45) is 23.0. The molecule has 0 N–H and O–H groups in total. The lowest BCUT2D eigenvalue weighted by molar-refractivity contribution is 0.388. The molecule has 0 saturated heterocycles. The van der Waals surface area contributed by atoms with Gasteiger partial charge in [-0.3, -0.25) is 0 Å². The third-order valence-electron chi connectivity index (χ3n) is 5.43. The second kappa shape index (κ2) is 13.7. The molecular weight excluding hydrogens is 316 g/mol. The number of hydrogen-bond acceptors (Lipinski definition) is 2. The van der Waals surface area contributed by atoms with Crippen molar-refractivity contribution in [1.29, 1.82) is 0 Å². The van der Waals surface area contributed by atoms with Crippen molar-refractivity contribution in [1.82, 2.24) is 4.90 Å². The molecule has 1 aliphatic rings. The number of unbranched alkanes of at least 4 members (excludes halogenated alkanes) is 12. The fraction of sp³-hybridized carbons (Fsp3) is 0.667. The van der Waals surface area contributed by atoms with Crippen LogP contribution in [0, 0.1) is 0 Å². The molecule has 0 unspecified atom stereocenters. The van der Waals surface area contributed by atoms with E-state index in [1.54, 1.807) is 0 Å². The molecule has 1 aromatic carbocycles. The maximum Gasteiger partial charge on any atom is 0.0941 e. The maximum absolute atomic E-state index is 2.44. The summed E-state index contributed by atoms with van der Waals surface area (Å²) in [5.74, 6) is 0. The Balaban J connectivity index is 1.36. The molecule has 1 heterocycles. The van der Waals surface area contributed by atoms with Crippen LogP contribution in [0.15, 0.2) is 42.7 Å². The largest absolute Gasteiger partial charge is 0.358 e. The van der Waals surface area contributed by atoms with E-state index in [2.05, 4.69) is 59.5 Å². The van der Waals surface area contributed by atoms with Crippen LogP contribution in [-0.4, -0.2) is 18.1 Å². The lowest BCUT2D eigenvalue weighted by atomic mass is 10.0. The molecule has 2 rings (SSSR count). The van der Waals surface area contributed by atoms with Crippen molar-refractivity contribution in [2.75, 3.05) is 18.1 Å². The number of rotatable bonds is 15. The van der Waals surface area contributed by atoms with Gasteiger partial charge in [0.1, 0.15) is 0 Å². The van der Waals surface area contributed by atoms with Gasteiger partial charge < -0.3 is 9.80 Å². The molecule has 2 nitrogen and oxygen atoms in total. The van der Waals surface area contributed by atoms with Gasteiger partial charge in [0.05, 0.1) is 6.67 Å². The highest BCUT2D eigenvalue weighted by Gasteiger charge is 2.12. The van der Waals surface area contributed by atoms with E-state index in [0.717, 1.165) is 6.67 Å². The molecule has 146 valence electrons. The first-order valence-corrected chi connectivity index (χ1v) is 11.1. The van der Waals surface area contributed by atoms with Gasteiger partial charge in [-0.2, -0.15) is 0 Å². The summed E-state index contributed by atoms with van der Waals surface area (Å²) in [7, 11) is 0. The van der Waals surface area contributed by atoms with Crippen LogP contribution < -0.4 is 4.90 Å². The zero-order valence-corrected chi connectivity index (χ0v) is 17.0. The Labute approximate surface area is 162 Å². The molecule has 0 atom stereocenters. The molecule has 1 aliphatic heterocycles. The Hall–Kier alpha value is -1.44. The molecule has 0 amide bonds. The zero-order valence-electron chi connectivity index (χ0n) is 17.0. The van der Waals surface area contributed by atoms with E-state index in [1.165, 1.54) is 95.7 Å². The summed E-state index contributed by atoms with van der Waals surface area (Å²) in [6.45, 7) is 4.49. The van der Waals surface area contributed by atoms with Gasteiger partial charge in [0.2, 0.25) is 0 Å². The predicted molar refractivity (Wildman–Crippen MR) is 115 cm³/mol. The normalized spacial score (nSPS) is 13.7. The number of anilines is 1. The number of hydrogen-bond donors (Lipinski definition) is 0. The molecule has 1 aromatic rings. The van der Waals surface area contributed by atoms with Gasteiger partial charge in [-0.15, -0.1) is 0 Å². The molecule has 0 aliphatic carbocycles. The minimum absolute atomic E-state index is 1.00. The van der Waals surface area contributed by atoms with Crippen molar-refractivity contribution < 1.29 is 0 Å². The van der Waals surface area contributed by atoms with Crippen molar-refractivity contribution in [3.63, 3.8) is 0 Å². The van der Waals surface area contributed by atoms with E-state index in [4.69, 9.17) is 0 Å². The number of para-hydroxylation sites is 1. The third kappa shape index (κ3) is 8.78. The summed E-state index contributed by atoms with van der Waals surface area (Å²) in [5, 5.41) is 0. The van der Waals surface area contributed by atoms with Crippen molar-refractivity contribution in [3.8, 4) is 0 Å². The fourth-order valence-corrected chi connectivity index (χ4v) is 3.73. The van der Waals surface area contributed by atoms with Crippen molar-refractivity contribution in [2.45, 2.75) is 90.4 Å². The van der Waals surface area contributed by atoms with Crippen LogP contribution >= 0.6 is 0 Å². The fourth-order valence-electron chi connectivity index (χ4n) is 3.73. The van der Waals surface area contributed by atoms with Gasteiger partial charge >= 0.3 is 0 Å². The predicted octanol–water partition coefficient (Wildman–Crippen LogP) is 7.33. The van der Waals surface area contributed by atoms with Crippen LogP contribution in [0.25, 0.3) is 0 Å². The summed E-state index contributed by atoms with van der Waals surface area (Å²) in [5.41, 5.74) is 1.29. The van der Waals surface area contributed by atoms with E-state index in [-0.39, 0.29) is 0 Å². The quantitative estimate of drug-likeness (QED) is 0.304. The van der Waals surface area contributed by atoms with Crippen molar-refractivity contribution in [2.24, 2.45) is 0 Å². The molecule has 0 radical (unpaired) electrons. The molecule has 0 fully saturated rings. The smallest absolute Gasteiger partial charge is 0.0941 e. The van der Waals surface area contributed by atoms with Gasteiger partial charge in [0.15, 0.2) is 0 Å². The van der Waals surface area contributed by atoms with Gasteiger partial charge in [-0.25, -0.2) is 0 Å². The first-order chi connectivity index (χ1) is 12.9. The second-order valence-corrected chi connectivity index (χ2v) is 7.80. The minimum Gasteiger partial charge on any atom is -0.358 e. The van der Waals surface area contributed by atoms with Crippen molar-refractivity contribution >= 4 is 5.69 Å². The highest BCUT2D eigenvalue weighted by atomic mass is 15.3. The highest BCUT2D eigenvalue weighted by Crippen LogP contribution is 2.19. The van der Waals surface area contributed by atoms with E-state index in [1.807, 2.05) is 0 Å². The Morgan fingerprint density at radius 2 is 1.19 bits per heavy atom. The number of nitrogens with zero attached hydrogens (tertiary/aromatic N) is 2. The molecular formula is C24H40N2. The van der Waals surface area contributed by atoms with Crippen LogP contribution in [0.2, 0.25) is 0 Å². The average molecular weight is 357 g/mol. The monoisotopic (exact) mass is 356 g/mol. The summed E-state index contributed by atoms with van der Waals surface area (Å²) < 4.78 is 0. The first kappa shape index (κ1) is 20.9. The SMILES string of the molecule is CCCCCCCCCCCCCCCN1C=CN(c2ccccc2)C1. The summed E-state index contributed by atoms with van der Waals surface area (Å²) >= 11 is 0. The maximum atomic E-state index is 2.44. The molecule has 0 bridgehead atoms. The van der Waals surface area contributed by atoms with Gasteiger partial charge in [-0.1, -0.05) is 102 Å². The van der Waals surface area contributed by atoms with Crippen LogP contribution in [0.4, 0.5) is 5.69 Å². The number of benzene rings is 1. The lowest BCUT2D eigenvalue weighted by Gasteiger charge is -2.21. The molecule has 0 spiro atoms. The van der Waals surface area contributed by atoms with E-state index in [0.29, 0.717) is 0 Å². The average Bonchev–Trinajstić information content (AvgIpc) is 3.15. The van der Waals surface area contributed by atoms with Crippen molar-refractivity contribution in [3.05, 3.63) is 42.7 Å². The zero-order chi connectivity index (χ0) is 18.3. The standard InChI is InChI=1S/C24H40N2/c1-2-3-4-5-6-7-8-9-10-11-12-13-17-20-25-21-22-26(23-25)24-18-15-14-16-19-24/h14-16,18-19,21-22H,2-13,17,20,23H2,1H3. The van der Waals surface area contributed by atoms with Gasteiger partial charge in [0, 0.05) is 24.6 Å². The Kier molecular flexibility index (Phi) is 11.0. The Bertz CT molecular complexity index is 468. The van der Waals surface area contributed by atoms with Crippen LogP contribution in [-0.2, 0) is 0 Å². The topological polar surface area (TPSA) is 6.48 Å². The lowest BCUT2D eigenvalue weighted by Crippen LogP contribution is -2.25. The molecule has 2 heteroatoms. The van der Waals surface area contributed by atoms with Gasteiger partial charge in [0.25, 0.3) is 0 Å². The summed E-state index contributed by atoms with van der Waals surface area (Å²) in [4.78, 5) is 4.76. The second-order valence-electron chi connectivity index (χ2n) is 7.80. The minimum atomic E-state index is 1.00. The van der Waals surface area contributed by atoms with E-state index in [9.17, 15) is 0 Å². The van der Waals surface area contributed by atoms with Crippen LogP contribution in [0.5, 0.6) is 0 Å². The van der Waals surface area contributed by atoms with Crippen LogP contribution in [0.3, 0.4) is 0 Å². The molecule has 0 aromatic heterocycles. The van der Waals surface area contributed by atoms with E-state index < -0.39 is 0 Å². The van der Waals surface area contributed by atoms with E-state index >= 15 is 0 Å². The Morgan fingerprint density at radius 1 is 0.654 bits per heavy atom. The molecule has 0 saturated carbocycles. The third-order valence-corrected chi connectivity index (χ3v) is 5.43. The van der Waals surface area contributed by atoms with Gasteiger partial charge in [-0.05, 0) is 18.6 Å². The van der Waals surface area contributed by atoms with Crippen LogP contribution in [0.1, 0.15) is 90.4 Å².